The molecule has 1 N–H and O–H groups in total. The molecule has 1 aliphatic rings. The average molecular weight is 357 g/mol. The second-order valence-corrected chi connectivity index (χ2v) is 7.33. The van der Waals surface area contributed by atoms with Crippen molar-refractivity contribution in [1.29, 1.82) is 0 Å². The highest BCUT2D eigenvalue weighted by Gasteiger charge is 2.35. The number of carbonyl (C=O) groups is 2. The third-order valence-corrected chi connectivity index (χ3v) is 4.36. The molecule has 0 aromatic carbocycles. The van der Waals surface area contributed by atoms with E-state index < -0.39 is 0 Å². The summed E-state index contributed by atoms with van der Waals surface area (Å²) in [4.78, 5) is 26.2. The van der Waals surface area contributed by atoms with Crippen LogP contribution in [0.4, 0.5) is 0 Å². The maximum Gasteiger partial charge on any atom is 0.287 e. The van der Waals surface area contributed by atoms with Gasteiger partial charge < -0.3 is 14.6 Å². The predicted molar refractivity (Wildman–Crippen MR) is 94.3 cm³/mol. The number of nitrogens with one attached hydrogen (secondary N) is 1. The van der Waals surface area contributed by atoms with E-state index in [2.05, 4.69) is 36.1 Å². The topological polar surface area (TPSA) is 93.3 Å². The summed E-state index contributed by atoms with van der Waals surface area (Å²) in [6, 6.07) is 3.25. The zero-order valence-corrected chi connectivity index (χ0v) is 15.0. The number of hydrogen-bond acceptors (Lipinski definition) is 5. The van der Waals surface area contributed by atoms with Crippen molar-refractivity contribution in [2.75, 3.05) is 13.1 Å². The van der Waals surface area contributed by atoms with Gasteiger partial charge in [-0.25, -0.2) is 4.68 Å². The van der Waals surface area contributed by atoms with Crippen LogP contribution in [0.25, 0.3) is 0 Å². The van der Waals surface area contributed by atoms with Gasteiger partial charge in [0.25, 0.3) is 5.91 Å². The number of piperidine rings is 1. The molecule has 1 saturated heterocycles. The predicted octanol–water partition coefficient (Wildman–Crippen LogP) is 1.46. The van der Waals surface area contributed by atoms with Gasteiger partial charge in [-0.3, -0.25) is 9.59 Å². The van der Waals surface area contributed by atoms with Crippen LogP contribution >= 0.6 is 0 Å². The van der Waals surface area contributed by atoms with Gasteiger partial charge in [0.2, 0.25) is 5.91 Å². The van der Waals surface area contributed by atoms with Gasteiger partial charge >= 0.3 is 0 Å². The maximum absolute atomic E-state index is 12.5. The first kappa shape index (κ1) is 17.9. The highest BCUT2D eigenvalue weighted by Crippen LogP contribution is 2.29. The van der Waals surface area contributed by atoms with Crippen molar-refractivity contribution in [3.8, 4) is 0 Å². The van der Waals surface area contributed by atoms with Crippen molar-refractivity contribution in [3.05, 3.63) is 48.7 Å². The smallest absolute Gasteiger partial charge is 0.287 e. The number of aromatic nitrogens is 3. The minimum atomic E-state index is -0.288. The lowest BCUT2D eigenvalue weighted by molar-refractivity contribution is -0.129. The first-order chi connectivity index (χ1) is 12.4. The Balaban J connectivity index is 1.64. The summed E-state index contributed by atoms with van der Waals surface area (Å²) in [6.45, 7) is 9.23. The molecule has 0 bridgehead atoms. The molecular weight excluding hydrogens is 334 g/mol. The van der Waals surface area contributed by atoms with Gasteiger partial charge in [0, 0.05) is 25.3 Å². The van der Waals surface area contributed by atoms with E-state index in [-0.39, 0.29) is 29.0 Å². The van der Waals surface area contributed by atoms with E-state index in [1.54, 1.807) is 34.1 Å². The second kappa shape index (κ2) is 7.15. The van der Waals surface area contributed by atoms with Gasteiger partial charge in [-0.15, -0.1) is 5.10 Å². The Morgan fingerprint density at radius 3 is 2.96 bits per heavy atom. The fraction of sp³-hybridized carbons (Fsp3) is 0.444. The Labute approximate surface area is 151 Å². The van der Waals surface area contributed by atoms with Crippen LogP contribution in [-0.4, -0.2) is 50.8 Å². The van der Waals surface area contributed by atoms with E-state index >= 15 is 0 Å². The van der Waals surface area contributed by atoms with Gasteiger partial charge in [-0.05, 0) is 30.0 Å². The first-order valence-electron chi connectivity index (χ1n) is 8.51. The normalized spacial score (nSPS) is 19.2. The Morgan fingerprint density at radius 1 is 1.46 bits per heavy atom. The molecule has 2 aromatic rings. The molecule has 0 spiro atoms. The van der Waals surface area contributed by atoms with Crippen LogP contribution < -0.4 is 5.32 Å². The van der Waals surface area contributed by atoms with Crippen LogP contribution in [0.3, 0.4) is 0 Å². The van der Waals surface area contributed by atoms with Gasteiger partial charge in [0.1, 0.15) is 12.3 Å². The fourth-order valence-corrected chi connectivity index (χ4v) is 3.36. The van der Waals surface area contributed by atoms with Gasteiger partial charge in [-0.2, -0.15) is 0 Å². The molecule has 0 saturated carbocycles. The monoisotopic (exact) mass is 357 g/mol. The highest BCUT2D eigenvalue weighted by molar-refractivity contribution is 5.92. The number of hydrogen-bond donors (Lipinski definition) is 1. The van der Waals surface area contributed by atoms with Crippen molar-refractivity contribution in [1.82, 2.24) is 25.2 Å². The number of amides is 2. The number of rotatable bonds is 5. The van der Waals surface area contributed by atoms with Gasteiger partial charge in [0.05, 0.1) is 6.20 Å². The number of nitrogens with zero attached hydrogens (tertiary/aromatic N) is 4. The number of carbonyl (C=O) groups excluding carboxylic acids is 2. The summed E-state index contributed by atoms with van der Waals surface area (Å²) in [7, 11) is 0. The molecule has 1 atom stereocenters. The van der Waals surface area contributed by atoms with Crippen LogP contribution in [-0.2, 0) is 11.3 Å². The van der Waals surface area contributed by atoms with Crippen molar-refractivity contribution in [2.24, 2.45) is 5.41 Å². The van der Waals surface area contributed by atoms with E-state index in [0.29, 0.717) is 25.4 Å². The molecular formula is C18H23N5O3. The molecule has 0 aliphatic carbocycles. The lowest BCUT2D eigenvalue weighted by Gasteiger charge is -2.42. The molecule has 3 heterocycles. The first-order valence-corrected chi connectivity index (χ1v) is 8.51. The number of furan rings is 1. The molecule has 138 valence electrons. The molecule has 8 nitrogen and oxygen atoms in total. The van der Waals surface area contributed by atoms with Crippen molar-refractivity contribution in [2.45, 2.75) is 32.9 Å². The van der Waals surface area contributed by atoms with Gasteiger partial charge in [-0.1, -0.05) is 25.6 Å². The lowest BCUT2D eigenvalue weighted by atomic mass is 9.81. The van der Waals surface area contributed by atoms with Crippen molar-refractivity contribution in [3.63, 3.8) is 0 Å². The zero-order chi connectivity index (χ0) is 18.7. The fourth-order valence-electron chi connectivity index (χ4n) is 3.36. The zero-order valence-electron chi connectivity index (χ0n) is 15.0. The molecule has 2 amide bonds. The van der Waals surface area contributed by atoms with Crippen LogP contribution in [0, 0.1) is 5.41 Å². The largest absolute Gasteiger partial charge is 0.454 e. The second-order valence-electron chi connectivity index (χ2n) is 7.33. The van der Waals surface area contributed by atoms with Crippen molar-refractivity contribution >= 4 is 11.8 Å². The Hall–Kier alpha value is -2.90. The van der Waals surface area contributed by atoms with E-state index in [4.69, 9.17) is 4.42 Å². The molecule has 8 heteroatoms. The van der Waals surface area contributed by atoms with E-state index in [1.807, 2.05) is 0 Å². The Kier molecular flexibility index (Phi) is 4.92. The van der Waals surface area contributed by atoms with Crippen molar-refractivity contribution < 1.29 is 14.0 Å². The maximum atomic E-state index is 12.5. The standard InChI is InChI=1S/C18H23N5O3/c1-4-16(24)22-10-13(9-18(2,3)12-22)20-17(25)15-6-5-14(26-15)11-23-8-7-19-21-23/h4-8,13H,1,9-12H2,2-3H3,(H,20,25). The summed E-state index contributed by atoms with van der Waals surface area (Å²) >= 11 is 0. The highest BCUT2D eigenvalue weighted by atomic mass is 16.4. The summed E-state index contributed by atoms with van der Waals surface area (Å²) in [6.07, 6.45) is 5.39. The quantitative estimate of drug-likeness (QED) is 0.818. The number of likely N-dealkylation sites (tertiary alicyclic amines) is 1. The molecule has 1 fully saturated rings. The summed E-state index contributed by atoms with van der Waals surface area (Å²) in [5.74, 6) is 0.451. The summed E-state index contributed by atoms with van der Waals surface area (Å²) in [5.41, 5.74) is -0.0870. The van der Waals surface area contributed by atoms with Gasteiger partial charge in [0.15, 0.2) is 5.76 Å². The average Bonchev–Trinajstić information content (AvgIpc) is 3.25. The molecule has 2 aromatic heterocycles. The molecule has 0 radical (unpaired) electrons. The molecule has 26 heavy (non-hydrogen) atoms. The third kappa shape index (κ3) is 4.19. The Morgan fingerprint density at radius 2 is 2.27 bits per heavy atom. The van der Waals surface area contributed by atoms with E-state index in [1.165, 1.54) is 6.08 Å². The summed E-state index contributed by atoms with van der Waals surface area (Å²) < 4.78 is 7.22. The molecule has 1 aliphatic heterocycles. The van der Waals surface area contributed by atoms with E-state index in [9.17, 15) is 9.59 Å². The van der Waals surface area contributed by atoms with Crippen LogP contribution in [0.15, 0.2) is 41.6 Å². The van der Waals surface area contributed by atoms with Crippen LogP contribution in [0.5, 0.6) is 0 Å². The summed E-state index contributed by atoms with van der Waals surface area (Å²) in [5, 5.41) is 10.6. The lowest BCUT2D eigenvalue weighted by Crippen LogP contribution is -2.54. The third-order valence-electron chi connectivity index (χ3n) is 4.36. The SMILES string of the molecule is C=CC(=O)N1CC(NC(=O)c2ccc(Cn3ccnn3)o2)CC(C)(C)C1. The minimum absolute atomic E-state index is 0.0870. The van der Waals surface area contributed by atoms with Crippen LogP contribution in [0.2, 0.25) is 0 Å². The molecule has 3 rings (SSSR count). The minimum Gasteiger partial charge on any atom is -0.454 e. The van der Waals surface area contributed by atoms with Crippen LogP contribution in [0.1, 0.15) is 36.6 Å². The molecule has 1 unspecified atom stereocenters. The van der Waals surface area contributed by atoms with E-state index in [0.717, 1.165) is 6.42 Å². The Bertz CT molecular complexity index is 794.